The van der Waals surface area contributed by atoms with Crippen molar-refractivity contribution in [3.05, 3.63) is 0 Å². The molecule has 0 aromatic carbocycles. The second-order valence-electron chi connectivity index (χ2n) is 5.78. The Balaban J connectivity index is 0.0000000589. The summed E-state index contributed by atoms with van der Waals surface area (Å²) in [7, 11) is 0. The third kappa shape index (κ3) is 0.151. The summed E-state index contributed by atoms with van der Waals surface area (Å²) >= 11 is 0. The zero-order valence-electron chi connectivity index (χ0n) is 4.96. The van der Waals surface area contributed by atoms with Gasteiger partial charge in [0.25, 0.3) is 0 Å². The van der Waals surface area contributed by atoms with Gasteiger partial charge in [0.05, 0.1) is 0 Å². The summed E-state index contributed by atoms with van der Waals surface area (Å²) < 4.78 is 0. The third-order valence-electron chi connectivity index (χ3n) is 6.33. The predicted octanol–water partition coefficient (Wildman–Crippen LogP) is 2.01. The van der Waals surface area contributed by atoms with E-state index in [1.165, 1.54) is 51.8 Å². The summed E-state index contributed by atoms with van der Waals surface area (Å²) in [5.41, 5.74) is 3.63. The van der Waals surface area contributed by atoms with Crippen LogP contribution in [0.5, 0.6) is 0 Å². The van der Waals surface area contributed by atoms with Gasteiger partial charge in [-0.2, -0.15) is 0 Å². The van der Waals surface area contributed by atoms with Gasteiger partial charge in [-0.05, 0) is 51.8 Å². The standard InChI is InChI=1S/C5H2.C4H4.2CH4/c1-3-2-4(1,3)5(1,2)3;1-2-3(1)4(1)2;;/h1-2H;1-4H;2*1H4. The van der Waals surface area contributed by atoms with Gasteiger partial charge in [-0.1, -0.05) is 14.9 Å². The molecule has 0 heterocycles. The van der Waals surface area contributed by atoms with Crippen molar-refractivity contribution in [3.63, 3.8) is 0 Å². The van der Waals surface area contributed by atoms with E-state index in [0.29, 0.717) is 0 Å². The quantitative estimate of drug-likeness (QED) is 0.490. The first-order chi connectivity index (χ1) is 4.48. The third-order valence-corrected chi connectivity index (χ3v) is 6.33. The Kier molecular flexibility index (Phi) is 0.278. The second kappa shape index (κ2) is 0.625. The Morgan fingerprint density at radius 1 is 0.545 bits per heavy atom. The van der Waals surface area contributed by atoms with Crippen LogP contribution in [0.15, 0.2) is 0 Å². The minimum Gasteiger partial charge on any atom is -0.0776 e. The molecule has 0 unspecified atom stereocenters. The molecule has 0 heteroatoms. The number of rotatable bonds is 0. The fourth-order valence-corrected chi connectivity index (χ4v) is 4.69. The Morgan fingerprint density at radius 2 is 0.727 bits per heavy atom. The second-order valence-corrected chi connectivity index (χ2v) is 5.78. The summed E-state index contributed by atoms with van der Waals surface area (Å²) in [6, 6.07) is 0. The van der Waals surface area contributed by atoms with Crippen molar-refractivity contribution in [1.29, 1.82) is 0 Å². The molecular weight excluding hydrogens is 132 g/mol. The summed E-state index contributed by atoms with van der Waals surface area (Å²) in [6.07, 6.45) is 0. The molecule has 0 nitrogen and oxygen atoms in total. The summed E-state index contributed by atoms with van der Waals surface area (Å²) in [5, 5.41) is 0. The van der Waals surface area contributed by atoms with Crippen molar-refractivity contribution in [3.8, 4) is 0 Å². The zero-order valence-corrected chi connectivity index (χ0v) is 4.96. The van der Waals surface area contributed by atoms with E-state index in [9.17, 15) is 0 Å². The van der Waals surface area contributed by atoms with Crippen LogP contribution < -0.4 is 0 Å². The highest BCUT2D eigenvalue weighted by Gasteiger charge is 3.63. The van der Waals surface area contributed by atoms with E-state index < -0.39 is 0 Å². The smallest absolute Gasteiger partial charge is 0.00808 e. The summed E-state index contributed by atoms with van der Waals surface area (Å²) in [5.74, 6) is 8.12. The highest BCUT2D eigenvalue weighted by atomic mass is 15.7. The lowest BCUT2D eigenvalue weighted by Crippen LogP contribution is -1.65. The van der Waals surface area contributed by atoms with E-state index in [-0.39, 0.29) is 14.9 Å². The lowest BCUT2D eigenvalue weighted by molar-refractivity contribution is 0.788. The molecule has 0 bridgehead atoms. The van der Waals surface area contributed by atoms with Crippen molar-refractivity contribution < 1.29 is 0 Å². The molecule has 58 valence electrons. The highest BCUT2D eigenvalue weighted by molar-refractivity contribution is 6.08. The first-order valence-corrected chi connectivity index (χ1v) is 4.48. The van der Waals surface area contributed by atoms with Crippen LogP contribution >= 0.6 is 0 Å². The first-order valence-electron chi connectivity index (χ1n) is 4.48. The van der Waals surface area contributed by atoms with E-state index >= 15 is 0 Å². The molecule has 11 aliphatic carbocycles. The van der Waals surface area contributed by atoms with Gasteiger partial charge >= 0.3 is 0 Å². The monoisotopic (exact) mass is 146 g/mol. The van der Waals surface area contributed by atoms with Gasteiger partial charge < -0.3 is 0 Å². The maximum Gasteiger partial charge on any atom is -0.00808 e. The van der Waals surface area contributed by atoms with Crippen LogP contribution in [0, 0.1) is 51.8 Å². The molecule has 11 saturated carbocycles. The van der Waals surface area contributed by atoms with Crippen molar-refractivity contribution in [2.24, 2.45) is 51.8 Å². The zero-order chi connectivity index (χ0) is 4.96. The predicted molar refractivity (Wildman–Crippen MR) is 41.7 cm³/mol. The average Bonchev–Trinajstić information content (AvgIpc) is 2.32. The van der Waals surface area contributed by atoms with Crippen LogP contribution in [0.25, 0.3) is 0 Å². The summed E-state index contributed by atoms with van der Waals surface area (Å²) in [4.78, 5) is 0. The van der Waals surface area contributed by atoms with Crippen LogP contribution in [0.1, 0.15) is 14.9 Å². The van der Waals surface area contributed by atoms with Gasteiger partial charge in [-0.25, -0.2) is 0 Å². The van der Waals surface area contributed by atoms with E-state index in [0.717, 1.165) is 0 Å². The largest absolute Gasteiger partial charge is 0.0776 e. The topological polar surface area (TPSA) is 0 Å². The normalized spacial score (nSPS) is 111. The molecule has 11 heavy (non-hydrogen) atoms. The molecule has 0 amide bonds. The van der Waals surface area contributed by atoms with E-state index in [2.05, 4.69) is 0 Å². The van der Waals surface area contributed by atoms with E-state index in [4.69, 9.17) is 0 Å². The van der Waals surface area contributed by atoms with Gasteiger partial charge in [-0.3, -0.25) is 0 Å². The lowest BCUT2D eigenvalue weighted by Gasteiger charge is -1.66. The fraction of sp³-hybridized carbons (Fsp3) is 1.00. The van der Waals surface area contributed by atoms with Gasteiger partial charge in [0.1, 0.15) is 0 Å². The molecule has 0 aliphatic heterocycles. The molecule has 11 rings (SSSR count). The Bertz CT molecular complexity index is 261. The molecule has 0 atom stereocenters. The van der Waals surface area contributed by atoms with Crippen LogP contribution in [0.3, 0.4) is 0 Å². The Morgan fingerprint density at radius 3 is 0.727 bits per heavy atom. The summed E-state index contributed by atoms with van der Waals surface area (Å²) in [6.45, 7) is 0. The molecule has 0 aromatic heterocycles. The van der Waals surface area contributed by atoms with Crippen LogP contribution in [0.2, 0.25) is 0 Å². The van der Waals surface area contributed by atoms with E-state index in [1.807, 2.05) is 0 Å². The number of hydrogen-bond donors (Lipinski definition) is 0. The van der Waals surface area contributed by atoms with E-state index in [1.54, 1.807) is 0 Å². The molecule has 0 N–H and O–H groups in total. The fourth-order valence-electron chi connectivity index (χ4n) is 4.69. The highest BCUT2D eigenvalue weighted by Crippen LogP contribution is 3.65. The van der Waals surface area contributed by atoms with Gasteiger partial charge in [0.2, 0.25) is 0 Å². The van der Waals surface area contributed by atoms with Crippen molar-refractivity contribution in [2.45, 2.75) is 14.9 Å². The van der Waals surface area contributed by atoms with Crippen molar-refractivity contribution in [2.75, 3.05) is 0 Å². The molecule has 11 fully saturated rings. The van der Waals surface area contributed by atoms with Gasteiger partial charge in [0.15, 0.2) is 0 Å². The Hall–Kier alpha value is 0. The lowest BCUT2D eigenvalue weighted by atomic mass is 10.4. The maximum atomic E-state index is 1.40. The SMILES string of the molecule is C.C.C12C34C5C13C254.C12C3C1C23. The molecule has 11 aliphatic rings. The van der Waals surface area contributed by atoms with Crippen molar-refractivity contribution >= 4 is 0 Å². The van der Waals surface area contributed by atoms with Gasteiger partial charge in [0, 0.05) is 0 Å². The minimum atomic E-state index is 0. The molecule has 0 aromatic rings. The molecule has 3 spiro atoms. The van der Waals surface area contributed by atoms with Crippen LogP contribution in [-0.2, 0) is 0 Å². The van der Waals surface area contributed by atoms with Gasteiger partial charge in [-0.15, -0.1) is 0 Å². The molecule has 0 radical (unpaired) electrons. The first kappa shape index (κ1) is 4.89. The van der Waals surface area contributed by atoms with Crippen LogP contribution in [-0.4, -0.2) is 0 Å². The van der Waals surface area contributed by atoms with Crippen LogP contribution in [0.4, 0.5) is 0 Å². The molecule has 0 saturated heterocycles. The molecular formula is C11H14. The Labute approximate surface area is 67.4 Å². The minimum absolute atomic E-state index is 0. The number of hydrogen-bond acceptors (Lipinski definition) is 0. The average molecular weight is 146 g/mol. The van der Waals surface area contributed by atoms with Crippen molar-refractivity contribution in [1.82, 2.24) is 0 Å². The maximum absolute atomic E-state index is 1.40.